The molecule has 1 fully saturated rings. The van der Waals surface area contributed by atoms with E-state index in [0.717, 1.165) is 22.6 Å². The summed E-state index contributed by atoms with van der Waals surface area (Å²) < 4.78 is 2.93. The number of nitrogens with two attached hydrogens (primary N) is 1. The molecule has 0 amide bonds. The van der Waals surface area contributed by atoms with E-state index in [1.807, 2.05) is 11.6 Å². The van der Waals surface area contributed by atoms with Gasteiger partial charge in [0.05, 0.1) is 5.69 Å². The lowest BCUT2D eigenvalue weighted by molar-refractivity contribution is 0.500. The van der Waals surface area contributed by atoms with Crippen molar-refractivity contribution in [3.63, 3.8) is 0 Å². The molecule has 1 aromatic heterocycles. The van der Waals surface area contributed by atoms with Gasteiger partial charge in [-0.15, -0.1) is 0 Å². The summed E-state index contributed by atoms with van der Waals surface area (Å²) in [6.07, 6.45) is 7.94. The molecular formula is C11H18BrN3. The Kier molecular flexibility index (Phi) is 3.34. The van der Waals surface area contributed by atoms with Gasteiger partial charge in [-0.2, -0.15) is 0 Å². The predicted molar refractivity (Wildman–Crippen MR) is 65.6 cm³/mol. The number of nitrogens with zero attached hydrogens (tertiary/aromatic N) is 2. The molecule has 84 valence electrons. The van der Waals surface area contributed by atoms with Gasteiger partial charge in [-0.25, -0.2) is 4.98 Å². The first-order valence-electron chi connectivity index (χ1n) is 5.65. The summed E-state index contributed by atoms with van der Waals surface area (Å²) in [5, 5.41) is 0. The molecule has 0 aliphatic heterocycles. The number of imidazole rings is 1. The Balaban J connectivity index is 1.95. The van der Waals surface area contributed by atoms with Crippen molar-refractivity contribution in [2.24, 2.45) is 13.0 Å². The zero-order chi connectivity index (χ0) is 10.8. The van der Waals surface area contributed by atoms with Gasteiger partial charge in [-0.1, -0.05) is 25.7 Å². The highest BCUT2D eigenvalue weighted by atomic mass is 79.9. The summed E-state index contributed by atoms with van der Waals surface area (Å²) in [7, 11) is 1.94. The molecule has 1 aliphatic rings. The first kappa shape index (κ1) is 11.0. The molecular weight excluding hydrogens is 254 g/mol. The van der Waals surface area contributed by atoms with Gasteiger partial charge in [-0.05, 0) is 34.7 Å². The van der Waals surface area contributed by atoms with Crippen molar-refractivity contribution >= 4 is 21.9 Å². The van der Waals surface area contributed by atoms with Crippen LogP contribution < -0.4 is 5.73 Å². The fourth-order valence-electron chi connectivity index (χ4n) is 2.35. The quantitative estimate of drug-likeness (QED) is 0.919. The van der Waals surface area contributed by atoms with E-state index >= 15 is 0 Å². The van der Waals surface area contributed by atoms with Gasteiger partial charge < -0.3 is 10.3 Å². The zero-order valence-corrected chi connectivity index (χ0v) is 10.8. The molecule has 1 saturated carbocycles. The summed E-state index contributed by atoms with van der Waals surface area (Å²) in [6, 6.07) is 0. The molecule has 0 bridgehead atoms. The second-order valence-electron chi connectivity index (χ2n) is 4.46. The largest absolute Gasteiger partial charge is 0.369 e. The molecule has 2 N–H and O–H groups in total. The van der Waals surface area contributed by atoms with E-state index < -0.39 is 0 Å². The van der Waals surface area contributed by atoms with Crippen LogP contribution in [-0.2, 0) is 13.5 Å². The van der Waals surface area contributed by atoms with Crippen molar-refractivity contribution in [3.05, 3.63) is 10.3 Å². The maximum absolute atomic E-state index is 5.75. The van der Waals surface area contributed by atoms with Crippen LogP contribution in [0.4, 0.5) is 5.95 Å². The lowest BCUT2D eigenvalue weighted by Gasteiger charge is -2.06. The minimum Gasteiger partial charge on any atom is -0.369 e. The summed E-state index contributed by atoms with van der Waals surface area (Å²) in [5.74, 6) is 1.52. The Labute approximate surface area is 99.2 Å². The Bertz CT molecular complexity index is 340. The van der Waals surface area contributed by atoms with Gasteiger partial charge in [0, 0.05) is 7.05 Å². The number of aryl methyl sites for hydroxylation is 1. The van der Waals surface area contributed by atoms with Gasteiger partial charge in [0.2, 0.25) is 5.95 Å². The minimum atomic E-state index is 0.600. The topological polar surface area (TPSA) is 43.8 Å². The summed E-state index contributed by atoms with van der Waals surface area (Å²) >= 11 is 3.53. The van der Waals surface area contributed by atoms with Gasteiger partial charge in [0.1, 0.15) is 4.60 Å². The summed E-state index contributed by atoms with van der Waals surface area (Å²) in [4.78, 5) is 4.36. The van der Waals surface area contributed by atoms with E-state index in [0.29, 0.717) is 5.95 Å². The van der Waals surface area contributed by atoms with Gasteiger partial charge in [-0.3, -0.25) is 0 Å². The zero-order valence-electron chi connectivity index (χ0n) is 9.17. The minimum absolute atomic E-state index is 0.600. The molecule has 0 radical (unpaired) electrons. The van der Waals surface area contributed by atoms with Crippen molar-refractivity contribution < 1.29 is 0 Å². The maximum Gasteiger partial charge on any atom is 0.201 e. The van der Waals surface area contributed by atoms with Crippen molar-refractivity contribution in [2.75, 3.05) is 5.73 Å². The molecule has 4 heteroatoms. The Morgan fingerprint density at radius 2 is 2.13 bits per heavy atom. The van der Waals surface area contributed by atoms with Crippen LogP contribution in [0.2, 0.25) is 0 Å². The molecule has 2 rings (SSSR count). The Morgan fingerprint density at radius 1 is 1.47 bits per heavy atom. The van der Waals surface area contributed by atoms with E-state index in [9.17, 15) is 0 Å². The number of rotatable bonds is 3. The second kappa shape index (κ2) is 4.56. The normalized spacial score (nSPS) is 17.5. The van der Waals surface area contributed by atoms with Crippen molar-refractivity contribution in [2.45, 2.75) is 38.5 Å². The van der Waals surface area contributed by atoms with E-state index in [-0.39, 0.29) is 0 Å². The van der Waals surface area contributed by atoms with Crippen LogP contribution in [0.15, 0.2) is 4.60 Å². The third kappa shape index (κ3) is 2.36. The predicted octanol–water partition coefficient (Wildman–Crippen LogP) is 2.89. The van der Waals surface area contributed by atoms with Crippen LogP contribution in [0, 0.1) is 5.92 Å². The first-order valence-corrected chi connectivity index (χ1v) is 6.44. The highest BCUT2D eigenvalue weighted by Crippen LogP contribution is 2.30. The SMILES string of the molecule is Cn1c(N)nc(CCC2CCCC2)c1Br. The molecule has 1 aliphatic carbocycles. The maximum atomic E-state index is 5.75. The fourth-order valence-corrected chi connectivity index (χ4v) is 2.82. The number of nitrogen functional groups attached to an aromatic ring is 1. The van der Waals surface area contributed by atoms with Crippen LogP contribution in [0.1, 0.15) is 37.8 Å². The molecule has 0 spiro atoms. The second-order valence-corrected chi connectivity index (χ2v) is 5.21. The van der Waals surface area contributed by atoms with Crippen LogP contribution in [0.25, 0.3) is 0 Å². The number of hydrogen-bond acceptors (Lipinski definition) is 2. The molecule has 0 aromatic carbocycles. The molecule has 0 atom stereocenters. The summed E-state index contributed by atoms with van der Waals surface area (Å²) in [6.45, 7) is 0. The molecule has 1 aromatic rings. The number of anilines is 1. The van der Waals surface area contributed by atoms with Gasteiger partial charge in [0.25, 0.3) is 0 Å². The Morgan fingerprint density at radius 3 is 2.67 bits per heavy atom. The van der Waals surface area contributed by atoms with Crippen LogP contribution in [0.5, 0.6) is 0 Å². The molecule has 0 saturated heterocycles. The van der Waals surface area contributed by atoms with Gasteiger partial charge >= 0.3 is 0 Å². The monoisotopic (exact) mass is 271 g/mol. The number of aromatic nitrogens is 2. The third-order valence-corrected chi connectivity index (χ3v) is 4.38. The van der Waals surface area contributed by atoms with E-state index in [4.69, 9.17) is 5.73 Å². The third-order valence-electron chi connectivity index (χ3n) is 3.39. The summed E-state index contributed by atoms with van der Waals surface area (Å²) in [5.41, 5.74) is 6.86. The van der Waals surface area contributed by atoms with Crippen LogP contribution >= 0.6 is 15.9 Å². The first-order chi connectivity index (χ1) is 7.18. The van der Waals surface area contributed by atoms with Crippen LogP contribution in [0.3, 0.4) is 0 Å². The molecule has 15 heavy (non-hydrogen) atoms. The smallest absolute Gasteiger partial charge is 0.201 e. The van der Waals surface area contributed by atoms with E-state index in [1.165, 1.54) is 32.1 Å². The van der Waals surface area contributed by atoms with Crippen molar-refractivity contribution in [3.8, 4) is 0 Å². The van der Waals surface area contributed by atoms with Gasteiger partial charge in [0.15, 0.2) is 0 Å². The average molecular weight is 272 g/mol. The van der Waals surface area contributed by atoms with Crippen LogP contribution in [-0.4, -0.2) is 9.55 Å². The molecule has 1 heterocycles. The van der Waals surface area contributed by atoms with Crippen molar-refractivity contribution in [1.82, 2.24) is 9.55 Å². The molecule has 0 unspecified atom stereocenters. The highest BCUT2D eigenvalue weighted by Gasteiger charge is 2.17. The average Bonchev–Trinajstić information content (AvgIpc) is 2.80. The highest BCUT2D eigenvalue weighted by molar-refractivity contribution is 9.10. The van der Waals surface area contributed by atoms with E-state index in [1.54, 1.807) is 0 Å². The van der Waals surface area contributed by atoms with E-state index in [2.05, 4.69) is 20.9 Å². The number of halogens is 1. The lowest BCUT2D eigenvalue weighted by Crippen LogP contribution is -1.97. The van der Waals surface area contributed by atoms with Crippen molar-refractivity contribution in [1.29, 1.82) is 0 Å². The fraction of sp³-hybridized carbons (Fsp3) is 0.727. The Hall–Kier alpha value is -0.510. The number of hydrogen-bond donors (Lipinski definition) is 1. The lowest BCUT2D eigenvalue weighted by atomic mass is 10.0. The molecule has 3 nitrogen and oxygen atoms in total. The standard InChI is InChI=1S/C11H18BrN3/c1-15-10(12)9(14-11(15)13)7-6-8-4-2-3-5-8/h8H,2-7H2,1H3,(H2,13,14).